The Balaban J connectivity index is 2.10. The third-order valence-electron chi connectivity index (χ3n) is 2.34. The van der Waals surface area contributed by atoms with Gasteiger partial charge >= 0.3 is 0 Å². The number of nitriles is 1. The van der Waals surface area contributed by atoms with Crippen LogP contribution in [0, 0.1) is 11.3 Å². The Labute approximate surface area is 119 Å². The van der Waals surface area contributed by atoms with Gasteiger partial charge in [0.15, 0.2) is 0 Å². The highest BCUT2D eigenvalue weighted by atomic mass is 79.9. The first kappa shape index (κ1) is 12.9. The molecule has 2 aromatic rings. The predicted octanol–water partition coefficient (Wildman–Crippen LogP) is 3.98. The fraction of sp³-hybridized carbons (Fsp3) is 0.0769. The zero-order valence-electron chi connectivity index (χ0n) is 9.32. The highest BCUT2D eigenvalue weighted by molar-refractivity contribution is 9.10. The van der Waals surface area contributed by atoms with Crippen LogP contribution in [0.5, 0.6) is 0 Å². The molecule has 0 fully saturated rings. The predicted molar refractivity (Wildman–Crippen MR) is 75.4 cm³/mol. The number of hydrogen-bond donors (Lipinski definition) is 1. The molecule has 90 valence electrons. The largest absolute Gasteiger partial charge is 0.378 e. The Morgan fingerprint density at radius 1 is 1.33 bits per heavy atom. The quantitative estimate of drug-likeness (QED) is 0.930. The molecule has 0 unspecified atom stereocenters. The van der Waals surface area contributed by atoms with Gasteiger partial charge in [0.05, 0.1) is 34.6 Å². The molecule has 1 heterocycles. The van der Waals surface area contributed by atoms with Gasteiger partial charge in [-0.3, -0.25) is 4.98 Å². The minimum absolute atomic E-state index is 0.557. The molecular formula is C13H9BrClN3. The minimum Gasteiger partial charge on any atom is -0.378 e. The molecule has 0 amide bonds. The maximum atomic E-state index is 8.83. The van der Waals surface area contributed by atoms with Gasteiger partial charge < -0.3 is 5.32 Å². The third kappa shape index (κ3) is 3.22. The van der Waals surface area contributed by atoms with Crippen LogP contribution in [-0.4, -0.2) is 4.98 Å². The molecule has 1 N–H and O–H groups in total. The van der Waals surface area contributed by atoms with Crippen LogP contribution in [0.2, 0.25) is 5.02 Å². The number of anilines is 1. The summed E-state index contributed by atoms with van der Waals surface area (Å²) >= 11 is 9.38. The summed E-state index contributed by atoms with van der Waals surface area (Å²) in [5.74, 6) is 0. The molecule has 0 saturated carbocycles. The molecule has 0 aliphatic rings. The Morgan fingerprint density at radius 2 is 2.17 bits per heavy atom. The van der Waals surface area contributed by atoms with Gasteiger partial charge in [-0.2, -0.15) is 5.26 Å². The fourth-order valence-electron chi connectivity index (χ4n) is 1.43. The number of hydrogen-bond acceptors (Lipinski definition) is 3. The lowest BCUT2D eigenvalue weighted by molar-refractivity contribution is 1.04. The third-order valence-corrected chi connectivity index (χ3v) is 3.14. The summed E-state index contributed by atoms with van der Waals surface area (Å²) in [6.45, 7) is 0.557. The molecule has 0 bridgehead atoms. The molecule has 1 aromatic heterocycles. The zero-order chi connectivity index (χ0) is 13.0. The van der Waals surface area contributed by atoms with Gasteiger partial charge in [0.2, 0.25) is 0 Å². The summed E-state index contributed by atoms with van der Waals surface area (Å²) in [4.78, 5) is 4.25. The summed E-state index contributed by atoms with van der Waals surface area (Å²) < 4.78 is 0.941. The van der Waals surface area contributed by atoms with E-state index in [9.17, 15) is 0 Å². The Bertz CT molecular complexity index is 590. The highest BCUT2D eigenvalue weighted by Gasteiger charge is 2.02. The van der Waals surface area contributed by atoms with E-state index in [4.69, 9.17) is 16.9 Å². The molecule has 3 nitrogen and oxygen atoms in total. The van der Waals surface area contributed by atoms with Gasteiger partial charge in [-0.15, -0.1) is 0 Å². The molecule has 0 radical (unpaired) electrons. The van der Waals surface area contributed by atoms with Crippen molar-refractivity contribution >= 4 is 33.2 Å². The molecule has 1 aromatic carbocycles. The average Bonchev–Trinajstić information content (AvgIpc) is 2.40. The Hall–Kier alpha value is -1.57. The van der Waals surface area contributed by atoms with Crippen molar-refractivity contribution in [1.29, 1.82) is 5.26 Å². The van der Waals surface area contributed by atoms with Crippen LogP contribution in [0.25, 0.3) is 0 Å². The molecule has 0 saturated heterocycles. The average molecular weight is 323 g/mol. The summed E-state index contributed by atoms with van der Waals surface area (Å²) in [6, 6.07) is 11.0. The van der Waals surface area contributed by atoms with Crippen LogP contribution < -0.4 is 5.32 Å². The lowest BCUT2D eigenvalue weighted by Gasteiger charge is -2.08. The second-order valence-electron chi connectivity index (χ2n) is 3.63. The van der Waals surface area contributed by atoms with E-state index in [1.54, 1.807) is 24.4 Å². The van der Waals surface area contributed by atoms with Crippen LogP contribution in [0.3, 0.4) is 0 Å². The molecule has 18 heavy (non-hydrogen) atoms. The van der Waals surface area contributed by atoms with Gasteiger partial charge in [0.1, 0.15) is 0 Å². The van der Waals surface area contributed by atoms with E-state index in [1.807, 2.05) is 12.1 Å². The first-order valence-electron chi connectivity index (χ1n) is 5.23. The van der Waals surface area contributed by atoms with Crippen molar-refractivity contribution in [2.24, 2.45) is 0 Å². The topological polar surface area (TPSA) is 48.7 Å². The van der Waals surface area contributed by atoms with Crippen LogP contribution >= 0.6 is 27.5 Å². The van der Waals surface area contributed by atoms with Crippen molar-refractivity contribution in [3.05, 3.63) is 57.3 Å². The lowest BCUT2D eigenvalue weighted by atomic mass is 10.2. The standard InChI is InChI=1S/C13H9BrClN3/c14-10-2-3-11(17-7-10)8-18-13-5-9(6-16)1-4-12(13)15/h1-5,7,18H,8H2. The molecule has 5 heteroatoms. The van der Waals surface area contributed by atoms with Gasteiger partial charge in [0, 0.05) is 10.7 Å². The first-order chi connectivity index (χ1) is 8.69. The summed E-state index contributed by atoms with van der Waals surface area (Å²) in [5, 5.41) is 12.6. The van der Waals surface area contributed by atoms with E-state index in [2.05, 4.69) is 32.3 Å². The fourth-order valence-corrected chi connectivity index (χ4v) is 1.85. The second kappa shape index (κ2) is 5.85. The first-order valence-corrected chi connectivity index (χ1v) is 6.40. The summed E-state index contributed by atoms with van der Waals surface area (Å²) in [5.41, 5.74) is 2.21. The number of nitrogens with zero attached hydrogens (tertiary/aromatic N) is 2. The van der Waals surface area contributed by atoms with Crippen LogP contribution in [0.1, 0.15) is 11.3 Å². The highest BCUT2D eigenvalue weighted by Crippen LogP contribution is 2.23. The molecule has 2 rings (SSSR count). The van der Waals surface area contributed by atoms with Gasteiger partial charge in [-0.25, -0.2) is 0 Å². The number of nitrogens with one attached hydrogen (secondary N) is 1. The van der Waals surface area contributed by atoms with Crippen molar-refractivity contribution in [1.82, 2.24) is 4.98 Å². The molecular weight excluding hydrogens is 314 g/mol. The van der Waals surface area contributed by atoms with Crippen LogP contribution in [0.4, 0.5) is 5.69 Å². The number of pyridine rings is 1. The van der Waals surface area contributed by atoms with Gasteiger partial charge in [0.25, 0.3) is 0 Å². The van der Waals surface area contributed by atoms with E-state index >= 15 is 0 Å². The molecule has 0 aliphatic heterocycles. The van der Waals surface area contributed by atoms with Crippen molar-refractivity contribution in [2.45, 2.75) is 6.54 Å². The van der Waals surface area contributed by atoms with Gasteiger partial charge in [-0.05, 0) is 46.3 Å². The monoisotopic (exact) mass is 321 g/mol. The van der Waals surface area contributed by atoms with E-state index in [0.29, 0.717) is 17.1 Å². The van der Waals surface area contributed by atoms with Crippen molar-refractivity contribution in [2.75, 3.05) is 5.32 Å². The van der Waals surface area contributed by atoms with E-state index in [1.165, 1.54) is 0 Å². The zero-order valence-corrected chi connectivity index (χ0v) is 11.7. The maximum Gasteiger partial charge on any atom is 0.0992 e. The van der Waals surface area contributed by atoms with Gasteiger partial charge in [-0.1, -0.05) is 11.6 Å². The number of aromatic nitrogens is 1. The maximum absolute atomic E-state index is 8.83. The lowest BCUT2D eigenvalue weighted by Crippen LogP contribution is -2.02. The Kier molecular flexibility index (Phi) is 4.19. The smallest absolute Gasteiger partial charge is 0.0992 e. The minimum atomic E-state index is 0.557. The van der Waals surface area contributed by atoms with Crippen molar-refractivity contribution in [3.63, 3.8) is 0 Å². The van der Waals surface area contributed by atoms with Crippen LogP contribution in [0.15, 0.2) is 41.0 Å². The number of rotatable bonds is 3. The van der Waals surface area contributed by atoms with Crippen LogP contribution in [-0.2, 0) is 6.54 Å². The Morgan fingerprint density at radius 3 is 2.83 bits per heavy atom. The second-order valence-corrected chi connectivity index (χ2v) is 4.95. The van der Waals surface area contributed by atoms with E-state index in [0.717, 1.165) is 15.9 Å². The molecule has 0 aliphatic carbocycles. The SMILES string of the molecule is N#Cc1ccc(Cl)c(NCc2ccc(Br)cn2)c1. The van der Waals surface area contributed by atoms with E-state index in [-0.39, 0.29) is 0 Å². The van der Waals surface area contributed by atoms with E-state index < -0.39 is 0 Å². The molecule has 0 spiro atoms. The van der Waals surface area contributed by atoms with Crippen molar-refractivity contribution < 1.29 is 0 Å². The normalized spacial score (nSPS) is 9.83. The molecule has 0 atom stereocenters. The van der Waals surface area contributed by atoms with Crippen molar-refractivity contribution in [3.8, 4) is 6.07 Å². The number of halogens is 2. The summed E-state index contributed by atoms with van der Waals surface area (Å²) in [7, 11) is 0. The number of benzene rings is 1. The summed E-state index contributed by atoms with van der Waals surface area (Å²) in [6.07, 6.45) is 1.74.